The average molecular weight is 463 g/mol. The van der Waals surface area contributed by atoms with Gasteiger partial charge in [-0.25, -0.2) is 9.37 Å². The zero-order valence-corrected chi connectivity index (χ0v) is 19.3. The van der Waals surface area contributed by atoms with Crippen molar-refractivity contribution >= 4 is 17.5 Å². The summed E-state index contributed by atoms with van der Waals surface area (Å²) in [6.45, 7) is 0.417. The van der Waals surface area contributed by atoms with Gasteiger partial charge in [0.15, 0.2) is 0 Å². The number of carbonyl (C=O) groups is 1. The van der Waals surface area contributed by atoms with Crippen molar-refractivity contribution < 1.29 is 9.18 Å². The number of pyridine rings is 1. The van der Waals surface area contributed by atoms with E-state index in [1.165, 1.54) is 12.1 Å². The monoisotopic (exact) mass is 462 g/mol. The summed E-state index contributed by atoms with van der Waals surface area (Å²) in [4.78, 5) is 17.5. The van der Waals surface area contributed by atoms with Gasteiger partial charge in [0.05, 0.1) is 17.4 Å². The molecule has 0 saturated carbocycles. The van der Waals surface area contributed by atoms with Crippen LogP contribution in [-0.4, -0.2) is 43.5 Å². The Bertz CT molecular complexity index is 1260. The van der Waals surface area contributed by atoms with E-state index in [9.17, 15) is 9.18 Å². The first kappa shape index (κ1) is 23.1. The average Bonchev–Trinajstić information content (AvgIpc) is 3.42. The highest BCUT2D eigenvalue weighted by Crippen LogP contribution is 2.23. The molecule has 0 aliphatic heterocycles. The van der Waals surface area contributed by atoms with Crippen molar-refractivity contribution in [1.82, 2.24) is 29.9 Å². The summed E-state index contributed by atoms with van der Waals surface area (Å²) in [6, 6.07) is 13.0. The first-order chi connectivity index (χ1) is 16.4. The van der Waals surface area contributed by atoms with Crippen LogP contribution < -0.4 is 16.0 Å². The van der Waals surface area contributed by atoms with Gasteiger partial charge in [-0.3, -0.25) is 19.5 Å². The van der Waals surface area contributed by atoms with E-state index < -0.39 is 6.04 Å². The minimum absolute atomic E-state index is 0.222. The van der Waals surface area contributed by atoms with Crippen molar-refractivity contribution in [1.29, 1.82) is 0 Å². The van der Waals surface area contributed by atoms with Crippen LogP contribution in [0.3, 0.4) is 0 Å². The molecule has 176 valence electrons. The number of rotatable bonds is 9. The normalized spacial score (nSPS) is 11.9. The molecule has 1 atom stereocenters. The number of amides is 1. The van der Waals surface area contributed by atoms with Crippen LogP contribution in [0.2, 0.25) is 0 Å². The van der Waals surface area contributed by atoms with E-state index in [0.29, 0.717) is 24.5 Å². The van der Waals surface area contributed by atoms with Crippen molar-refractivity contribution in [3.8, 4) is 11.3 Å². The first-order valence-corrected chi connectivity index (χ1v) is 10.9. The number of halogens is 1. The van der Waals surface area contributed by atoms with Crippen molar-refractivity contribution in [3.05, 3.63) is 78.0 Å². The van der Waals surface area contributed by atoms with Crippen LogP contribution in [0.5, 0.6) is 0 Å². The molecule has 1 amide bonds. The Labute approximate surface area is 197 Å². The van der Waals surface area contributed by atoms with Crippen LogP contribution in [0, 0.1) is 5.82 Å². The maximum absolute atomic E-state index is 13.4. The Morgan fingerprint density at radius 2 is 1.88 bits per heavy atom. The highest BCUT2D eigenvalue weighted by Gasteiger charge is 2.21. The van der Waals surface area contributed by atoms with Crippen molar-refractivity contribution in [3.63, 3.8) is 0 Å². The number of aromatic nitrogens is 5. The predicted molar refractivity (Wildman–Crippen MR) is 129 cm³/mol. The second-order valence-corrected chi connectivity index (χ2v) is 7.95. The van der Waals surface area contributed by atoms with Gasteiger partial charge in [-0.2, -0.15) is 10.2 Å². The van der Waals surface area contributed by atoms with E-state index in [2.05, 4.69) is 31.1 Å². The minimum atomic E-state index is -0.567. The van der Waals surface area contributed by atoms with Crippen LogP contribution >= 0.6 is 0 Å². The number of anilines is 2. The number of aryl methyl sites for hydroxylation is 2. The quantitative estimate of drug-likeness (QED) is 0.354. The van der Waals surface area contributed by atoms with E-state index in [1.54, 1.807) is 41.8 Å². The Morgan fingerprint density at radius 1 is 1.09 bits per heavy atom. The lowest BCUT2D eigenvalue weighted by atomic mass is 10.0. The topological polar surface area (TPSA) is 102 Å². The number of benzene rings is 1. The molecule has 4 rings (SSSR count). The molecule has 3 N–H and O–H groups in total. The molecule has 0 aliphatic rings. The fourth-order valence-electron chi connectivity index (χ4n) is 3.56. The molecule has 1 aromatic carbocycles. The highest BCUT2D eigenvalue weighted by molar-refractivity contribution is 5.94. The molecule has 0 unspecified atom stereocenters. The van der Waals surface area contributed by atoms with E-state index in [-0.39, 0.29) is 11.7 Å². The third-order valence-corrected chi connectivity index (χ3v) is 5.41. The standard InChI is InChI=1S/C24H27FN8O/c1-26-22-13-17(8-10-27-22)20-14-23(33(3)31-20)29-24(34)21(12-16-4-6-18(25)7-5-16)28-15-19-9-11-32(2)30-19/h4-11,13-14,21,28H,12,15H2,1-3H3,(H,26,27)(H,29,34)/t21-/m0/s1. The molecular formula is C24H27FN8O. The third kappa shape index (κ3) is 5.65. The lowest BCUT2D eigenvalue weighted by Crippen LogP contribution is -2.42. The molecule has 34 heavy (non-hydrogen) atoms. The van der Waals surface area contributed by atoms with Gasteiger partial charge in [0.2, 0.25) is 5.91 Å². The minimum Gasteiger partial charge on any atom is -0.373 e. The van der Waals surface area contributed by atoms with E-state index in [4.69, 9.17) is 0 Å². The zero-order valence-electron chi connectivity index (χ0n) is 19.3. The van der Waals surface area contributed by atoms with E-state index in [0.717, 1.165) is 22.6 Å². The third-order valence-electron chi connectivity index (χ3n) is 5.41. The molecular weight excluding hydrogens is 435 g/mol. The van der Waals surface area contributed by atoms with Gasteiger partial charge >= 0.3 is 0 Å². The molecule has 3 aromatic heterocycles. The van der Waals surface area contributed by atoms with Crippen LogP contribution in [0.1, 0.15) is 11.3 Å². The summed E-state index contributed by atoms with van der Waals surface area (Å²) in [5, 5.41) is 18.1. The molecule has 0 bridgehead atoms. The SMILES string of the molecule is CNc1cc(-c2cc(NC(=O)[C@H](Cc3ccc(F)cc3)NCc3ccn(C)n3)n(C)n2)ccn1. The van der Waals surface area contributed by atoms with Gasteiger partial charge in [-0.05, 0) is 42.3 Å². The number of hydrogen-bond acceptors (Lipinski definition) is 6. The van der Waals surface area contributed by atoms with Crippen LogP contribution in [-0.2, 0) is 31.9 Å². The maximum atomic E-state index is 13.4. The van der Waals surface area contributed by atoms with Crippen molar-refractivity contribution in [2.75, 3.05) is 17.7 Å². The number of hydrogen-bond donors (Lipinski definition) is 3. The van der Waals surface area contributed by atoms with Crippen LogP contribution in [0.15, 0.2) is 60.9 Å². The Hall–Kier alpha value is -4.05. The lowest BCUT2D eigenvalue weighted by molar-refractivity contribution is -0.118. The van der Waals surface area contributed by atoms with E-state index in [1.807, 2.05) is 37.5 Å². The molecule has 9 nitrogen and oxygen atoms in total. The fourth-order valence-corrected chi connectivity index (χ4v) is 3.56. The molecule has 0 saturated heterocycles. The van der Waals surface area contributed by atoms with Gasteiger partial charge < -0.3 is 10.6 Å². The number of nitrogens with one attached hydrogen (secondary N) is 3. The molecule has 0 spiro atoms. The molecule has 0 aliphatic carbocycles. The Morgan fingerprint density at radius 3 is 2.59 bits per heavy atom. The fraction of sp³-hybridized carbons (Fsp3) is 0.250. The van der Waals surface area contributed by atoms with E-state index >= 15 is 0 Å². The van der Waals surface area contributed by atoms with Crippen LogP contribution in [0.4, 0.5) is 16.0 Å². The molecule has 10 heteroatoms. The summed E-state index contributed by atoms with van der Waals surface area (Å²) in [6.07, 6.45) is 3.94. The van der Waals surface area contributed by atoms with Gasteiger partial charge in [0, 0.05) is 51.7 Å². The summed E-state index contributed by atoms with van der Waals surface area (Å²) < 4.78 is 16.7. The Balaban J connectivity index is 1.52. The van der Waals surface area contributed by atoms with Gasteiger partial charge in [0.1, 0.15) is 17.5 Å². The number of carbonyl (C=O) groups excluding carboxylic acids is 1. The predicted octanol–water partition coefficient (Wildman–Crippen LogP) is 2.74. The molecule has 0 fully saturated rings. The zero-order chi connectivity index (χ0) is 24.1. The summed E-state index contributed by atoms with van der Waals surface area (Å²) in [7, 11) is 5.42. The lowest BCUT2D eigenvalue weighted by Gasteiger charge is -2.18. The highest BCUT2D eigenvalue weighted by atomic mass is 19.1. The summed E-state index contributed by atoms with van der Waals surface area (Å²) in [5.41, 5.74) is 3.26. The summed E-state index contributed by atoms with van der Waals surface area (Å²) >= 11 is 0. The van der Waals surface area contributed by atoms with Gasteiger partial charge in [0.25, 0.3) is 0 Å². The smallest absolute Gasteiger partial charge is 0.243 e. The first-order valence-electron chi connectivity index (χ1n) is 10.9. The molecule has 3 heterocycles. The number of nitrogens with zero attached hydrogens (tertiary/aromatic N) is 5. The molecule has 0 radical (unpaired) electrons. The van der Waals surface area contributed by atoms with Crippen molar-refractivity contribution in [2.45, 2.75) is 19.0 Å². The maximum Gasteiger partial charge on any atom is 0.243 e. The second-order valence-electron chi connectivity index (χ2n) is 7.95. The largest absolute Gasteiger partial charge is 0.373 e. The van der Waals surface area contributed by atoms with Crippen molar-refractivity contribution in [2.24, 2.45) is 14.1 Å². The van der Waals surface area contributed by atoms with Gasteiger partial charge in [-0.1, -0.05) is 12.1 Å². The van der Waals surface area contributed by atoms with Crippen LogP contribution in [0.25, 0.3) is 11.3 Å². The molecule has 4 aromatic rings. The van der Waals surface area contributed by atoms with Gasteiger partial charge in [-0.15, -0.1) is 0 Å². The summed E-state index contributed by atoms with van der Waals surface area (Å²) in [5.74, 6) is 0.755. The Kier molecular flexibility index (Phi) is 6.98. The second kappa shape index (κ2) is 10.3.